The van der Waals surface area contributed by atoms with Gasteiger partial charge < -0.3 is 4.74 Å². The molecule has 6 nitrogen and oxygen atoms in total. The van der Waals surface area contributed by atoms with Crippen LogP contribution in [0.2, 0.25) is 25.7 Å². The van der Waals surface area contributed by atoms with Gasteiger partial charge in [-0.3, -0.25) is 4.57 Å². The molecule has 0 N–H and O–H groups in total. The van der Waals surface area contributed by atoms with Crippen molar-refractivity contribution in [3.8, 4) is 11.3 Å². The average molecular weight is 363 g/mol. The van der Waals surface area contributed by atoms with Crippen molar-refractivity contribution in [3.05, 3.63) is 36.7 Å². The molecule has 3 aromatic heterocycles. The third-order valence-electron chi connectivity index (χ3n) is 3.69. The summed E-state index contributed by atoms with van der Waals surface area (Å²) in [5.41, 5.74) is 1.04. The van der Waals surface area contributed by atoms with Gasteiger partial charge in [-0.1, -0.05) is 19.6 Å². The second-order valence-corrected chi connectivity index (χ2v) is 12.6. The maximum absolute atomic E-state index is 14.0. The Morgan fingerprint density at radius 1 is 1.12 bits per heavy atom. The SMILES string of the molecule is C[Si](C)(C)CCOCn1cnc2c(-c3cc(F)cnc3F)ncnc21. The number of ether oxygens (including phenoxy) is 1. The number of hydrogen-bond acceptors (Lipinski definition) is 5. The van der Waals surface area contributed by atoms with E-state index in [2.05, 4.69) is 39.6 Å². The van der Waals surface area contributed by atoms with E-state index in [0.717, 1.165) is 18.3 Å². The van der Waals surface area contributed by atoms with E-state index in [1.165, 1.54) is 6.33 Å². The van der Waals surface area contributed by atoms with Gasteiger partial charge in [0.2, 0.25) is 5.95 Å². The highest BCUT2D eigenvalue weighted by molar-refractivity contribution is 6.76. The molecule has 0 amide bonds. The van der Waals surface area contributed by atoms with E-state index in [9.17, 15) is 8.78 Å². The number of nitrogens with zero attached hydrogens (tertiary/aromatic N) is 5. The molecular weight excluding hydrogens is 344 g/mol. The van der Waals surface area contributed by atoms with E-state index in [0.29, 0.717) is 24.5 Å². The van der Waals surface area contributed by atoms with Gasteiger partial charge in [0.25, 0.3) is 0 Å². The summed E-state index contributed by atoms with van der Waals surface area (Å²) in [5, 5.41) is 0. The van der Waals surface area contributed by atoms with Crippen molar-refractivity contribution in [2.45, 2.75) is 32.4 Å². The van der Waals surface area contributed by atoms with Gasteiger partial charge in [0.05, 0.1) is 18.1 Å². The molecule has 0 aliphatic rings. The molecule has 3 aromatic rings. The average Bonchev–Trinajstić information content (AvgIpc) is 2.96. The van der Waals surface area contributed by atoms with Crippen molar-refractivity contribution in [1.29, 1.82) is 0 Å². The highest BCUT2D eigenvalue weighted by Gasteiger charge is 2.17. The van der Waals surface area contributed by atoms with Gasteiger partial charge >= 0.3 is 0 Å². The number of imidazole rings is 1. The van der Waals surface area contributed by atoms with Crippen molar-refractivity contribution < 1.29 is 13.5 Å². The van der Waals surface area contributed by atoms with Crippen LogP contribution in [0, 0.1) is 11.8 Å². The van der Waals surface area contributed by atoms with E-state index < -0.39 is 19.8 Å². The molecule has 0 aliphatic heterocycles. The summed E-state index contributed by atoms with van der Waals surface area (Å²) in [6, 6.07) is 2.10. The Kier molecular flexibility index (Phi) is 4.86. The Labute approximate surface area is 144 Å². The normalized spacial score (nSPS) is 12.0. The molecule has 132 valence electrons. The lowest BCUT2D eigenvalue weighted by Gasteiger charge is -2.15. The topological polar surface area (TPSA) is 65.7 Å². The summed E-state index contributed by atoms with van der Waals surface area (Å²) in [6.45, 7) is 7.80. The first-order chi connectivity index (χ1) is 11.8. The minimum atomic E-state index is -1.16. The Morgan fingerprint density at radius 3 is 2.68 bits per heavy atom. The third-order valence-corrected chi connectivity index (χ3v) is 5.39. The molecule has 3 rings (SSSR count). The molecule has 0 atom stereocenters. The van der Waals surface area contributed by atoms with Crippen LogP contribution < -0.4 is 0 Å². The highest BCUT2D eigenvalue weighted by Crippen LogP contribution is 2.26. The maximum atomic E-state index is 14.0. The van der Waals surface area contributed by atoms with E-state index in [4.69, 9.17) is 4.74 Å². The molecule has 0 fully saturated rings. The summed E-state index contributed by atoms with van der Waals surface area (Å²) in [7, 11) is -1.16. The van der Waals surface area contributed by atoms with Crippen LogP contribution in [0.25, 0.3) is 22.4 Å². The van der Waals surface area contributed by atoms with Gasteiger partial charge in [-0.05, 0) is 12.1 Å². The molecule has 3 heterocycles. The van der Waals surface area contributed by atoms with E-state index >= 15 is 0 Å². The van der Waals surface area contributed by atoms with Crippen LogP contribution in [0.3, 0.4) is 0 Å². The number of aromatic nitrogens is 5. The van der Waals surface area contributed by atoms with Crippen LogP contribution in [-0.2, 0) is 11.5 Å². The van der Waals surface area contributed by atoms with Crippen LogP contribution in [-0.4, -0.2) is 39.2 Å². The molecule has 0 unspecified atom stereocenters. The first-order valence-electron chi connectivity index (χ1n) is 7.90. The fourth-order valence-electron chi connectivity index (χ4n) is 2.30. The van der Waals surface area contributed by atoms with Crippen molar-refractivity contribution in [2.75, 3.05) is 6.61 Å². The summed E-state index contributed by atoms with van der Waals surface area (Å²) >= 11 is 0. The predicted octanol–water partition coefficient (Wildman–Crippen LogP) is 3.48. The zero-order valence-electron chi connectivity index (χ0n) is 14.3. The van der Waals surface area contributed by atoms with E-state index in [1.54, 1.807) is 10.9 Å². The second-order valence-electron chi connectivity index (χ2n) is 6.95. The number of pyridine rings is 1. The van der Waals surface area contributed by atoms with Gasteiger partial charge in [-0.2, -0.15) is 4.39 Å². The lowest BCUT2D eigenvalue weighted by molar-refractivity contribution is 0.0895. The third kappa shape index (κ3) is 4.05. The zero-order chi connectivity index (χ0) is 18.0. The summed E-state index contributed by atoms with van der Waals surface area (Å²) in [4.78, 5) is 15.9. The predicted molar refractivity (Wildman–Crippen MR) is 92.6 cm³/mol. The zero-order valence-corrected chi connectivity index (χ0v) is 15.3. The van der Waals surface area contributed by atoms with Crippen molar-refractivity contribution >= 4 is 19.2 Å². The maximum Gasteiger partial charge on any atom is 0.222 e. The Balaban J connectivity index is 1.86. The summed E-state index contributed by atoms with van der Waals surface area (Å²) in [6.07, 6.45) is 3.67. The Morgan fingerprint density at radius 2 is 1.92 bits per heavy atom. The fraction of sp³-hybridized carbons (Fsp3) is 0.375. The van der Waals surface area contributed by atoms with Crippen LogP contribution >= 0.6 is 0 Å². The van der Waals surface area contributed by atoms with Gasteiger partial charge in [0.1, 0.15) is 30.1 Å². The molecule has 9 heteroatoms. The molecule has 0 aromatic carbocycles. The van der Waals surface area contributed by atoms with Crippen LogP contribution in [0.5, 0.6) is 0 Å². The Hall–Kier alpha value is -2.26. The lowest BCUT2D eigenvalue weighted by atomic mass is 10.2. The Bertz CT molecular complexity index is 894. The lowest BCUT2D eigenvalue weighted by Crippen LogP contribution is -2.22. The first-order valence-corrected chi connectivity index (χ1v) is 11.6. The van der Waals surface area contributed by atoms with E-state index in [-0.39, 0.29) is 11.3 Å². The molecule has 0 bridgehead atoms. The number of rotatable bonds is 6. The summed E-state index contributed by atoms with van der Waals surface area (Å²) < 4.78 is 34.8. The molecule has 0 spiro atoms. The fourth-order valence-corrected chi connectivity index (χ4v) is 3.06. The first kappa shape index (κ1) is 17.6. The van der Waals surface area contributed by atoms with Crippen molar-refractivity contribution in [3.63, 3.8) is 0 Å². The molecular formula is C16H19F2N5OSi. The van der Waals surface area contributed by atoms with E-state index in [1.807, 2.05) is 0 Å². The van der Waals surface area contributed by atoms with Gasteiger partial charge in [0, 0.05) is 14.7 Å². The minimum absolute atomic E-state index is 0.0442. The quantitative estimate of drug-likeness (QED) is 0.381. The second kappa shape index (κ2) is 6.93. The molecule has 0 saturated carbocycles. The van der Waals surface area contributed by atoms with Crippen molar-refractivity contribution in [2.24, 2.45) is 0 Å². The van der Waals surface area contributed by atoms with Crippen LogP contribution in [0.4, 0.5) is 8.78 Å². The van der Waals surface area contributed by atoms with Gasteiger partial charge in [0.15, 0.2) is 5.65 Å². The van der Waals surface area contributed by atoms with Gasteiger partial charge in [-0.15, -0.1) is 0 Å². The largest absolute Gasteiger partial charge is 0.361 e. The molecule has 0 saturated heterocycles. The molecule has 25 heavy (non-hydrogen) atoms. The highest BCUT2D eigenvalue weighted by atomic mass is 28.3. The number of fused-ring (bicyclic) bond motifs is 1. The number of hydrogen-bond donors (Lipinski definition) is 0. The number of halogens is 2. The molecule has 0 aliphatic carbocycles. The minimum Gasteiger partial charge on any atom is -0.361 e. The summed E-state index contributed by atoms with van der Waals surface area (Å²) in [5.74, 6) is -1.44. The van der Waals surface area contributed by atoms with Crippen molar-refractivity contribution in [1.82, 2.24) is 24.5 Å². The monoisotopic (exact) mass is 363 g/mol. The van der Waals surface area contributed by atoms with Crippen LogP contribution in [0.1, 0.15) is 0 Å². The standard InChI is InChI=1S/C16H19F2N5OSi/c1-25(2,3)5-4-24-10-23-9-22-14-13(20-8-21-16(14)23)12-6-11(17)7-19-15(12)18/h6-9H,4-5,10H2,1-3H3. The van der Waals surface area contributed by atoms with Crippen LogP contribution in [0.15, 0.2) is 24.9 Å². The van der Waals surface area contributed by atoms with Gasteiger partial charge in [-0.25, -0.2) is 24.3 Å². The molecule has 0 radical (unpaired) electrons. The smallest absolute Gasteiger partial charge is 0.222 e.